The number of hydrogen-bond donors (Lipinski definition) is 7. The van der Waals surface area contributed by atoms with Gasteiger partial charge in [-0.15, -0.1) is 0 Å². The molecule has 0 radical (unpaired) electrons. The number of aromatic amines is 1. The Hall–Kier alpha value is -5.24. The number of nitrogens with one attached hydrogen (secondary N) is 4. The molecule has 258 valence electrons. The molecule has 0 spiro atoms. The normalized spacial score (nSPS) is 14.2. The van der Waals surface area contributed by atoms with Gasteiger partial charge in [0, 0.05) is 37.0 Å². The number of carbonyl (C=O) groups is 6. The van der Waals surface area contributed by atoms with Crippen molar-refractivity contribution in [1.82, 2.24) is 25.8 Å². The van der Waals surface area contributed by atoms with Crippen LogP contribution in [0.5, 0.6) is 0 Å². The van der Waals surface area contributed by atoms with E-state index in [1.165, 1.54) is 18.9 Å². The minimum atomic E-state index is -1.58. The quantitative estimate of drug-likeness (QED) is 0.102. The number of amides is 5. The molecule has 1 heterocycles. The van der Waals surface area contributed by atoms with E-state index in [-0.39, 0.29) is 19.3 Å². The summed E-state index contributed by atoms with van der Waals surface area (Å²) >= 11 is 0. The standard InChI is InChI=1S/C34H45N7O7/c1-4-5-15-28(33(47)39-26(18-29(42)43)32(46)38-25(30(36)44)16-21-11-7-6-8-12-21)41(3)34(48)27(40-31(45)20(2)35)17-22-19-37-24-14-10-9-13-23(22)24/h6-14,19-20,25-28,37H,4-5,15-18,35H2,1-3H3,(H2,36,44)(H,38,46)(H,39,47)(H,40,45)(H,42,43)/t20-,25+,26+,27+,28+/m1/s1. The molecule has 0 bridgehead atoms. The van der Waals surface area contributed by atoms with Gasteiger partial charge in [-0.1, -0.05) is 68.3 Å². The van der Waals surface area contributed by atoms with Crippen LogP contribution in [0.25, 0.3) is 10.9 Å². The number of hydrogen-bond acceptors (Lipinski definition) is 7. The Kier molecular flexibility index (Phi) is 13.7. The third-order valence-corrected chi connectivity index (χ3v) is 8.03. The second-order valence-electron chi connectivity index (χ2n) is 11.8. The minimum absolute atomic E-state index is 0.0526. The van der Waals surface area contributed by atoms with Gasteiger partial charge < -0.3 is 42.4 Å². The molecule has 5 amide bonds. The van der Waals surface area contributed by atoms with Crippen LogP contribution >= 0.6 is 0 Å². The number of unbranched alkanes of at least 4 members (excludes halogenated alkanes) is 1. The number of aromatic nitrogens is 1. The van der Waals surface area contributed by atoms with Gasteiger partial charge in [-0.25, -0.2) is 0 Å². The Morgan fingerprint density at radius 1 is 0.854 bits per heavy atom. The summed E-state index contributed by atoms with van der Waals surface area (Å²) in [6.45, 7) is 3.39. The molecule has 1 aromatic heterocycles. The lowest BCUT2D eigenvalue weighted by atomic mass is 10.0. The minimum Gasteiger partial charge on any atom is -0.481 e. The van der Waals surface area contributed by atoms with Crippen LogP contribution in [0.3, 0.4) is 0 Å². The lowest BCUT2D eigenvalue weighted by Crippen LogP contribution is -2.59. The molecule has 0 aliphatic rings. The maximum absolute atomic E-state index is 14.0. The van der Waals surface area contributed by atoms with E-state index in [1.807, 2.05) is 31.2 Å². The van der Waals surface area contributed by atoms with Crippen molar-refractivity contribution >= 4 is 46.4 Å². The Morgan fingerprint density at radius 2 is 1.48 bits per heavy atom. The average molecular weight is 664 g/mol. The number of nitrogens with zero attached hydrogens (tertiary/aromatic N) is 1. The number of fused-ring (bicyclic) bond motifs is 1. The number of carbonyl (C=O) groups excluding carboxylic acids is 5. The first-order valence-electron chi connectivity index (χ1n) is 15.9. The van der Waals surface area contributed by atoms with Crippen molar-refractivity contribution in [2.45, 2.75) is 82.6 Å². The number of nitrogens with two attached hydrogens (primary N) is 2. The number of aliphatic carboxylic acids is 1. The molecule has 0 saturated carbocycles. The van der Waals surface area contributed by atoms with Crippen LogP contribution in [0.1, 0.15) is 50.7 Å². The molecule has 0 fully saturated rings. The van der Waals surface area contributed by atoms with Crippen LogP contribution in [0.4, 0.5) is 0 Å². The number of primary amides is 1. The number of likely N-dealkylation sites (N-methyl/N-ethyl adjacent to an activating group) is 1. The summed E-state index contributed by atoms with van der Waals surface area (Å²) in [5.41, 5.74) is 13.6. The van der Waals surface area contributed by atoms with Crippen molar-refractivity contribution in [2.75, 3.05) is 7.05 Å². The molecule has 3 aromatic rings. The number of H-pyrrole nitrogens is 1. The zero-order valence-electron chi connectivity index (χ0n) is 27.4. The number of para-hydroxylation sites is 1. The molecule has 0 unspecified atom stereocenters. The monoisotopic (exact) mass is 663 g/mol. The largest absolute Gasteiger partial charge is 0.481 e. The summed E-state index contributed by atoms with van der Waals surface area (Å²) < 4.78 is 0. The highest BCUT2D eigenvalue weighted by Gasteiger charge is 2.35. The van der Waals surface area contributed by atoms with Crippen LogP contribution in [0.15, 0.2) is 60.8 Å². The molecular weight excluding hydrogens is 618 g/mol. The molecule has 3 rings (SSSR count). The fourth-order valence-corrected chi connectivity index (χ4v) is 5.32. The third kappa shape index (κ3) is 10.4. The molecule has 9 N–H and O–H groups in total. The van der Waals surface area contributed by atoms with Crippen molar-refractivity contribution in [1.29, 1.82) is 0 Å². The average Bonchev–Trinajstić information content (AvgIpc) is 3.46. The Bertz CT molecular complexity index is 1590. The molecule has 2 aromatic carbocycles. The summed E-state index contributed by atoms with van der Waals surface area (Å²) in [6.07, 6.45) is 2.47. The van der Waals surface area contributed by atoms with Gasteiger partial charge in [0.15, 0.2) is 0 Å². The number of carboxylic acid groups (broad SMARTS) is 1. The zero-order valence-corrected chi connectivity index (χ0v) is 27.4. The molecule has 14 nitrogen and oxygen atoms in total. The first-order chi connectivity index (χ1) is 22.8. The summed E-state index contributed by atoms with van der Waals surface area (Å²) in [5, 5.41) is 18.1. The van der Waals surface area contributed by atoms with Gasteiger partial charge in [0.2, 0.25) is 29.5 Å². The maximum Gasteiger partial charge on any atom is 0.305 e. The first-order valence-corrected chi connectivity index (χ1v) is 15.9. The SMILES string of the molecule is CCCC[C@@H](C(=O)N[C@@H](CC(=O)O)C(=O)N[C@@H](Cc1ccccc1)C(N)=O)N(C)C(=O)[C@H](Cc1c[nH]c2ccccc12)NC(=O)[C@@H](C)N. The van der Waals surface area contributed by atoms with Gasteiger partial charge in [0.1, 0.15) is 24.2 Å². The lowest BCUT2D eigenvalue weighted by molar-refractivity contribution is -0.144. The van der Waals surface area contributed by atoms with E-state index in [1.54, 1.807) is 36.5 Å². The smallest absolute Gasteiger partial charge is 0.305 e. The predicted molar refractivity (Wildman–Crippen MR) is 179 cm³/mol. The van der Waals surface area contributed by atoms with Crippen molar-refractivity contribution in [2.24, 2.45) is 11.5 Å². The van der Waals surface area contributed by atoms with Crippen LogP contribution in [0, 0.1) is 0 Å². The van der Waals surface area contributed by atoms with Crippen molar-refractivity contribution in [3.63, 3.8) is 0 Å². The highest BCUT2D eigenvalue weighted by Crippen LogP contribution is 2.20. The highest BCUT2D eigenvalue weighted by atomic mass is 16.4. The number of benzene rings is 2. The third-order valence-electron chi connectivity index (χ3n) is 8.03. The van der Waals surface area contributed by atoms with E-state index in [9.17, 15) is 33.9 Å². The summed E-state index contributed by atoms with van der Waals surface area (Å²) in [7, 11) is 1.41. The van der Waals surface area contributed by atoms with Gasteiger partial charge in [0.05, 0.1) is 12.5 Å². The Morgan fingerprint density at radius 3 is 2.10 bits per heavy atom. The van der Waals surface area contributed by atoms with Crippen LogP contribution in [-0.2, 0) is 41.6 Å². The molecular formula is C34H45N7O7. The van der Waals surface area contributed by atoms with Crippen molar-refractivity contribution < 1.29 is 33.9 Å². The van der Waals surface area contributed by atoms with E-state index in [0.29, 0.717) is 18.4 Å². The number of carboxylic acids is 1. The van der Waals surface area contributed by atoms with E-state index in [2.05, 4.69) is 20.9 Å². The maximum atomic E-state index is 14.0. The fourth-order valence-electron chi connectivity index (χ4n) is 5.32. The highest BCUT2D eigenvalue weighted by molar-refractivity contribution is 5.97. The lowest BCUT2D eigenvalue weighted by Gasteiger charge is -2.32. The number of rotatable bonds is 18. The summed E-state index contributed by atoms with van der Waals surface area (Å²) in [5.74, 6) is -5.05. The van der Waals surface area contributed by atoms with E-state index in [0.717, 1.165) is 16.5 Å². The van der Waals surface area contributed by atoms with Gasteiger partial charge in [0.25, 0.3) is 0 Å². The fraction of sp³-hybridized carbons (Fsp3) is 0.412. The van der Waals surface area contributed by atoms with Crippen molar-refractivity contribution in [3.05, 3.63) is 71.9 Å². The second-order valence-corrected chi connectivity index (χ2v) is 11.8. The Balaban J connectivity index is 1.85. The summed E-state index contributed by atoms with van der Waals surface area (Å²) in [6, 6.07) is 10.4. The molecule has 5 atom stereocenters. The van der Waals surface area contributed by atoms with Gasteiger partial charge in [-0.05, 0) is 30.5 Å². The van der Waals surface area contributed by atoms with Crippen LogP contribution in [0.2, 0.25) is 0 Å². The predicted octanol–water partition coefficient (Wildman–Crippen LogP) is 0.732. The molecule has 0 aliphatic carbocycles. The zero-order chi connectivity index (χ0) is 35.4. The molecule has 14 heteroatoms. The van der Waals surface area contributed by atoms with Crippen molar-refractivity contribution in [3.8, 4) is 0 Å². The van der Waals surface area contributed by atoms with E-state index >= 15 is 0 Å². The topological polar surface area (TPSA) is 230 Å². The second kappa shape index (κ2) is 17.6. The van der Waals surface area contributed by atoms with Crippen LogP contribution in [-0.4, -0.2) is 87.8 Å². The first kappa shape index (κ1) is 37.2. The van der Waals surface area contributed by atoms with E-state index < -0.39 is 72.1 Å². The van der Waals surface area contributed by atoms with Crippen LogP contribution < -0.4 is 27.4 Å². The molecule has 0 saturated heterocycles. The Labute approximate surface area is 279 Å². The molecule has 48 heavy (non-hydrogen) atoms. The van der Waals surface area contributed by atoms with Gasteiger partial charge in [-0.2, -0.15) is 0 Å². The van der Waals surface area contributed by atoms with E-state index in [4.69, 9.17) is 11.5 Å². The van der Waals surface area contributed by atoms with Gasteiger partial charge >= 0.3 is 5.97 Å². The summed E-state index contributed by atoms with van der Waals surface area (Å²) in [4.78, 5) is 82.0. The van der Waals surface area contributed by atoms with Gasteiger partial charge in [-0.3, -0.25) is 28.8 Å². The molecule has 0 aliphatic heterocycles.